The first-order valence-electron chi connectivity index (χ1n) is 14.8. The molecule has 4 amide bonds. The minimum atomic E-state index is -1.14. The van der Waals surface area contributed by atoms with Crippen LogP contribution in [-0.4, -0.2) is 71.0 Å². The van der Waals surface area contributed by atoms with Gasteiger partial charge in [0, 0.05) is 29.4 Å². The maximum absolute atomic E-state index is 13.7. The van der Waals surface area contributed by atoms with Gasteiger partial charge in [-0.05, 0) is 57.1 Å². The zero-order valence-corrected chi connectivity index (χ0v) is 25.5. The summed E-state index contributed by atoms with van der Waals surface area (Å²) in [4.78, 5) is 58.0. The number of fused-ring (bicyclic) bond motifs is 1. The molecule has 1 aliphatic heterocycles. The third-order valence-corrected chi connectivity index (χ3v) is 8.00. The predicted molar refractivity (Wildman–Crippen MR) is 159 cm³/mol. The zero-order chi connectivity index (χ0) is 31.0. The number of aromatic amines is 1. The van der Waals surface area contributed by atoms with Gasteiger partial charge in [-0.1, -0.05) is 45.4 Å². The van der Waals surface area contributed by atoms with Gasteiger partial charge >= 0.3 is 12.0 Å². The number of H-pyrrole nitrogens is 1. The van der Waals surface area contributed by atoms with Gasteiger partial charge in [-0.2, -0.15) is 5.26 Å². The third kappa shape index (κ3) is 7.60. The van der Waals surface area contributed by atoms with Crippen molar-refractivity contribution in [3.63, 3.8) is 0 Å². The maximum atomic E-state index is 13.7. The van der Waals surface area contributed by atoms with Crippen molar-refractivity contribution in [2.45, 2.75) is 103 Å². The number of nitrogens with one attached hydrogen (secondary N) is 4. The summed E-state index contributed by atoms with van der Waals surface area (Å²) in [5.74, 6) is -1.98. The number of ether oxygens (including phenoxy) is 1. The Kier molecular flexibility index (Phi) is 11.4. The van der Waals surface area contributed by atoms with Gasteiger partial charge in [0.1, 0.15) is 29.9 Å². The molecule has 0 aliphatic carbocycles. The van der Waals surface area contributed by atoms with Gasteiger partial charge in [-0.15, -0.1) is 0 Å². The van der Waals surface area contributed by atoms with Crippen molar-refractivity contribution in [2.75, 3.05) is 7.11 Å². The number of amides is 4. The SMILES string of the molecule is CCC[C@@H](NC(=O)[C@@H](Cc1c(C#N)[nH]c2ccccc12)NC(=O)[C@@H](NC(=O)N1[C@H](C)CCC[C@@H]1C)C(C)C)C(=O)OC. The Morgan fingerprint density at radius 1 is 1.05 bits per heavy atom. The van der Waals surface area contributed by atoms with Crippen LogP contribution < -0.4 is 16.0 Å². The molecule has 0 spiro atoms. The molecule has 4 N–H and O–H groups in total. The van der Waals surface area contributed by atoms with E-state index >= 15 is 0 Å². The molecule has 2 aromatic rings. The van der Waals surface area contributed by atoms with E-state index in [0.717, 1.165) is 30.2 Å². The van der Waals surface area contributed by atoms with Crippen LogP contribution in [0.1, 0.15) is 78.0 Å². The van der Waals surface area contributed by atoms with Crippen LogP contribution in [0.3, 0.4) is 0 Å². The molecular weight excluding hydrogens is 536 g/mol. The number of nitriles is 1. The van der Waals surface area contributed by atoms with E-state index in [4.69, 9.17) is 4.74 Å². The number of rotatable bonds is 11. The number of nitrogens with zero attached hydrogens (tertiary/aromatic N) is 2. The van der Waals surface area contributed by atoms with Gasteiger partial charge in [0.25, 0.3) is 0 Å². The van der Waals surface area contributed by atoms with E-state index in [-0.39, 0.29) is 36.1 Å². The molecule has 0 unspecified atom stereocenters. The third-order valence-electron chi connectivity index (χ3n) is 8.00. The van der Waals surface area contributed by atoms with Gasteiger partial charge in [0.15, 0.2) is 0 Å². The van der Waals surface area contributed by atoms with Crippen LogP contribution in [0.15, 0.2) is 24.3 Å². The van der Waals surface area contributed by atoms with Gasteiger partial charge < -0.3 is 30.6 Å². The smallest absolute Gasteiger partial charge is 0.328 e. The summed E-state index contributed by atoms with van der Waals surface area (Å²) in [6, 6.07) is 6.30. The number of urea groups is 1. The molecule has 2 heterocycles. The van der Waals surface area contributed by atoms with E-state index in [1.807, 2.05) is 58.9 Å². The fraction of sp³-hybridized carbons (Fsp3) is 0.581. The van der Waals surface area contributed by atoms with Gasteiger partial charge in [0.2, 0.25) is 11.8 Å². The van der Waals surface area contributed by atoms with Gasteiger partial charge in [-0.3, -0.25) is 9.59 Å². The number of likely N-dealkylation sites (tertiary alicyclic amines) is 1. The molecule has 5 atom stereocenters. The van der Waals surface area contributed by atoms with Crippen LogP contribution in [0, 0.1) is 17.2 Å². The molecule has 11 nitrogen and oxygen atoms in total. The van der Waals surface area contributed by atoms with Crippen LogP contribution in [0.5, 0.6) is 0 Å². The van der Waals surface area contributed by atoms with Crippen molar-refractivity contribution in [3.8, 4) is 6.07 Å². The number of para-hydroxylation sites is 1. The van der Waals surface area contributed by atoms with E-state index < -0.39 is 35.9 Å². The summed E-state index contributed by atoms with van der Waals surface area (Å²) < 4.78 is 4.87. The Hall–Kier alpha value is -4.07. The van der Waals surface area contributed by atoms with Crippen LogP contribution >= 0.6 is 0 Å². The summed E-state index contributed by atoms with van der Waals surface area (Å²) in [5, 5.41) is 19.0. The minimum absolute atomic E-state index is 0.0105. The lowest BCUT2D eigenvalue weighted by Gasteiger charge is -2.40. The van der Waals surface area contributed by atoms with Crippen LogP contribution in [0.25, 0.3) is 10.9 Å². The molecule has 42 heavy (non-hydrogen) atoms. The molecule has 1 saturated heterocycles. The Balaban J connectivity index is 1.91. The highest BCUT2D eigenvalue weighted by atomic mass is 16.5. The number of hydrogen-bond acceptors (Lipinski definition) is 6. The highest BCUT2D eigenvalue weighted by molar-refractivity contribution is 5.94. The Labute approximate surface area is 247 Å². The average molecular weight is 581 g/mol. The lowest BCUT2D eigenvalue weighted by molar-refractivity contribution is -0.145. The van der Waals surface area contributed by atoms with E-state index in [0.29, 0.717) is 18.4 Å². The number of carbonyl (C=O) groups is 4. The predicted octanol–water partition coefficient (Wildman–Crippen LogP) is 3.52. The molecule has 11 heteroatoms. The van der Waals surface area contributed by atoms with Crippen LogP contribution in [0.2, 0.25) is 0 Å². The van der Waals surface area contributed by atoms with E-state index in [1.165, 1.54) is 7.11 Å². The number of methoxy groups -OCH3 is 1. The molecule has 1 aromatic heterocycles. The lowest BCUT2D eigenvalue weighted by atomic mass is 9.97. The number of aromatic nitrogens is 1. The Bertz CT molecular complexity index is 1300. The second-order valence-electron chi connectivity index (χ2n) is 11.5. The summed E-state index contributed by atoms with van der Waals surface area (Å²) in [5.41, 5.74) is 1.58. The second kappa shape index (κ2) is 14.7. The standard InChI is InChI=1S/C31H44N6O5/c1-7-11-24(30(40)42-6)34-28(38)25(16-22-21-14-8-9-15-23(21)33-26(22)17-32)35-29(39)27(18(2)3)36-31(41)37-19(4)12-10-13-20(37)5/h8-9,14-15,18-20,24-25,27,33H,7,10-13,16H2,1-6H3,(H,34,38)(H,35,39)(H,36,41)/t19-,20+,24-,25-,27+/m1/s1. The Morgan fingerprint density at radius 2 is 1.69 bits per heavy atom. The fourth-order valence-electron chi connectivity index (χ4n) is 5.70. The van der Waals surface area contributed by atoms with E-state index in [1.54, 1.807) is 4.90 Å². The highest BCUT2D eigenvalue weighted by Gasteiger charge is 2.35. The first-order valence-corrected chi connectivity index (χ1v) is 14.8. The first kappa shape index (κ1) is 32.4. The summed E-state index contributed by atoms with van der Waals surface area (Å²) >= 11 is 0. The van der Waals surface area contributed by atoms with Crippen molar-refractivity contribution < 1.29 is 23.9 Å². The number of carbonyl (C=O) groups excluding carboxylic acids is 4. The number of benzene rings is 1. The van der Waals surface area contributed by atoms with Crippen molar-refractivity contribution in [2.24, 2.45) is 5.92 Å². The number of piperidine rings is 1. The molecular formula is C31H44N6O5. The van der Waals surface area contributed by atoms with Crippen molar-refractivity contribution in [3.05, 3.63) is 35.5 Å². The first-order chi connectivity index (χ1) is 20.0. The minimum Gasteiger partial charge on any atom is -0.467 e. The number of hydrogen-bond donors (Lipinski definition) is 4. The number of esters is 1. The summed E-state index contributed by atoms with van der Waals surface area (Å²) in [6.07, 6.45) is 3.79. The van der Waals surface area contributed by atoms with Crippen LogP contribution in [-0.2, 0) is 25.5 Å². The molecule has 0 bridgehead atoms. The largest absolute Gasteiger partial charge is 0.467 e. The lowest BCUT2D eigenvalue weighted by Crippen LogP contribution is -2.60. The van der Waals surface area contributed by atoms with Gasteiger partial charge in [0.05, 0.1) is 7.11 Å². The zero-order valence-electron chi connectivity index (χ0n) is 25.5. The molecule has 1 fully saturated rings. The average Bonchev–Trinajstić information content (AvgIpc) is 3.31. The van der Waals surface area contributed by atoms with E-state index in [9.17, 15) is 24.4 Å². The normalized spacial score (nSPS) is 19.0. The topological polar surface area (TPSA) is 156 Å². The monoisotopic (exact) mass is 580 g/mol. The fourth-order valence-corrected chi connectivity index (χ4v) is 5.70. The highest BCUT2D eigenvalue weighted by Crippen LogP contribution is 2.25. The Morgan fingerprint density at radius 3 is 2.29 bits per heavy atom. The van der Waals surface area contributed by atoms with Crippen molar-refractivity contribution in [1.82, 2.24) is 25.8 Å². The van der Waals surface area contributed by atoms with E-state index in [2.05, 4.69) is 27.0 Å². The molecule has 1 aliphatic rings. The summed E-state index contributed by atoms with van der Waals surface area (Å²) in [7, 11) is 1.25. The quantitative estimate of drug-likeness (QED) is 0.298. The van der Waals surface area contributed by atoms with Crippen molar-refractivity contribution >= 4 is 34.7 Å². The van der Waals surface area contributed by atoms with Crippen molar-refractivity contribution in [1.29, 1.82) is 5.26 Å². The molecule has 228 valence electrons. The molecule has 0 saturated carbocycles. The van der Waals surface area contributed by atoms with Crippen LogP contribution in [0.4, 0.5) is 4.79 Å². The maximum Gasteiger partial charge on any atom is 0.328 e. The molecule has 3 rings (SSSR count). The second-order valence-corrected chi connectivity index (χ2v) is 11.5. The van der Waals surface area contributed by atoms with Gasteiger partial charge in [-0.25, -0.2) is 9.59 Å². The molecule has 1 aromatic carbocycles. The summed E-state index contributed by atoms with van der Waals surface area (Å²) in [6.45, 7) is 9.53. The molecule has 0 radical (unpaired) electrons.